The van der Waals surface area contributed by atoms with Crippen molar-refractivity contribution in [2.45, 2.75) is 38.6 Å². The van der Waals surface area contributed by atoms with E-state index in [-0.39, 0.29) is 24.3 Å². The summed E-state index contributed by atoms with van der Waals surface area (Å²) in [5.74, 6) is 0.175. The van der Waals surface area contributed by atoms with Gasteiger partial charge in [0.05, 0.1) is 5.92 Å². The number of piperazine rings is 1. The lowest BCUT2D eigenvalue weighted by molar-refractivity contribution is -0.138. The number of carbonyl (C=O) groups is 2. The van der Waals surface area contributed by atoms with E-state index in [0.29, 0.717) is 18.9 Å². The monoisotopic (exact) mass is 354 g/mol. The van der Waals surface area contributed by atoms with Gasteiger partial charge in [-0.25, -0.2) is 4.68 Å². The number of carbonyl (C=O) groups excluding carboxylic acids is 2. The lowest BCUT2D eigenvalue weighted by atomic mass is 10.00. The molecule has 26 heavy (non-hydrogen) atoms. The molecule has 0 bridgehead atoms. The highest BCUT2D eigenvalue weighted by Crippen LogP contribution is 2.27. The highest BCUT2D eigenvalue weighted by atomic mass is 16.2. The first kappa shape index (κ1) is 16.7. The van der Waals surface area contributed by atoms with Crippen LogP contribution in [0.2, 0.25) is 0 Å². The second-order valence-electron chi connectivity index (χ2n) is 6.95. The number of fused-ring (bicyclic) bond motifs is 1. The molecule has 0 saturated carbocycles. The fraction of sp³-hybridized carbons (Fsp3) is 0.500. The van der Waals surface area contributed by atoms with Crippen molar-refractivity contribution in [1.82, 2.24) is 25.1 Å². The summed E-state index contributed by atoms with van der Waals surface area (Å²) in [5, 5.41) is 11.8. The van der Waals surface area contributed by atoms with Gasteiger partial charge in [0, 0.05) is 25.3 Å². The zero-order valence-corrected chi connectivity index (χ0v) is 14.8. The molecule has 2 aromatic rings. The van der Waals surface area contributed by atoms with E-state index in [1.54, 1.807) is 14.5 Å². The minimum atomic E-state index is -0.355. The molecule has 2 amide bonds. The van der Waals surface area contributed by atoms with Crippen LogP contribution in [0.3, 0.4) is 0 Å². The molecule has 0 unspecified atom stereocenters. The summed E-state index contributed by atoms with van der Waals surface area (Å²) in [4.78, 5) is 29.1. The number of tetrazole rings is 1. The van der Waals surface area contributed by atoms with Crippen molar-refractivity contribution in [1.29, 1.82) is 0 Å². The van der Waals surface area contributed by atoms with E-state index in [0.717, 1.165) is 37.1 Å². The highest BCUT2D eigenvalue weighted by molar-refractivity contribution is 5.98. The predicted octanol–water partition coefficient (Wildman–Crippen LogP) is 1.12. The lowest BCUT2D eigenvalue weighted by Gasteiger charge is -2.35. The van der Waals surface area contributed by atoms with Gasteiger partial charge in [-0.2, -0.15) is 0 Å². The van der Waals surface area contributed by atoms with Crippen LogP contribution in [-0.2, 0) is 16.1 Å². The highest BCUT2D eigenvalue weighted by Gasteiger charge is 2.35. The zero-order valence-electron chi connectivity index (χ0n) is 14.8. The van der Waals surface area contributed by atoms with Gasteiger partial charge in [-0.3, -0.25) is 9.59 Å². The number of nitrogens with zero attached hydrogens (tertiary/aromatic N) is 6. The quantitative estimate of drug-likeness (QED) is 0.807. The second kappa shape index (κ2) is 6.86. The van der Waals surface area contributed by atoms with Crippen LogP contribution in [-0.4, -0.2) is 56.6 Å². The van der Waals surface area contributed by atoms with E-state index in [9.17, 15) is 9.59 Å². The van der Waals surface area contributed by atoms with E-state index >= 15 is 0 Å². The van der Waals surface area contributed by atoms with E-state index in [2.05, 4.69) is 15.5 Å². The normalized spacial score (nSPS) is 20.7. The van der Waals surface area contributed by atoms with Crippen molar-refractivity contribution in [2.75, 3.05) is 24.5 Å². The third-order valence-corrected chi connectivity index (χ3v) is 5.16. The van der Waals surface area contributed by atoms with Gasteiger partial charge < -0.3 is 9.80 Å². The molecule has 0 aliphatic carbocycles. The number of aryl methyl sites for hydroxylation is 2. The maximum atomic E-state index is 13.0. The molecule has 1 atom stereocenters. The van der Waals surface area contributed by atoms with Crippen molar-refractivity contribution in [3.63, 3.8) is 0 Å². The molecule has 2 aliphatic heterocycles. The summed E-state index contributed by atoms with van der Waals surface area (Å²) < 4.78 is 1.72. The standard InChI is InChI=1S/C18H22N6O2/c1-13-5-7-14(8-6-13)23-11-10-22(12-16(23)25)18(26)15-4-2-3-9-24-17(15)19-20-21-24/h5-8,15H,2-4,9-12H2,1H3/t15-/m1/s1. The van der Waals surface area contributed by atoms with Gasteiger partial charge in [-0.05, 0) is 42.3 Å². The largest absolute Gasteiger partial charge is 0.331 e. The molecular formula is C18H22N6O2. The Morgan fingerprint density at radius 1 is 1.12 bits per heavy atom. The molecule has 1 saturated heterocycles. The Kier molecular flexibility index (Phi) is 4.40. The predicted molar refractivity (Wildman–Crippen MR) is 94.5 cm³/mol. The van der Waals surface area contributed by atoms with Crippen LogP contribution >= 0.6 is 0 Å². The van der Waals surface area contributed by atoms with Crippen molar-refractivity contribution in [3.8, 4) is 0 Å². The first-order valence-corrected chi connectivity index (χ1v) is 9.05. The van der Waals surface area contributed by atoms with Crippen molar-refractivity contribution in [2.24, 2.45) is 0 Å². The van der Waals surface area contributed by atoms with E-state index < -0.39 is 0 Å². The molecule has 1 fully saturated rings. The fourth-order valence-corrected chi connectivity index (χ4v) is 3.67. The van der Waals surface area contributed by atoms with E-state index in [1.807, 2.05) is 31.2 Å². The summed E-state index contributed by atoms with van der Waals surface area (Å²) in [6.45, 7) is 3.89. The summed E-state index contributed by atoms with van der Waals surface area (Å²) in [7, 11) is 0. The Morgan fingerprint density at radius 2 is 1.92 bits per heavy atom. The third-order valence-electron chi connectivity index (χ3n) is 5.16. The molecule has 1 aromatic heterocycles. The van der Waals surface area contributed by atoms with Gasteiger partial charge in [0.15, 0.2) is 5.82 Å². The minimum Gasteiger partial charge on any atom is -0.331 e. The topological polar surface area (TPSA) is 84.2 Å². The number of hydrogen-bond acceptors (Lipinski definition) is 5. The number of anilines is 1. The first-order valence-electron chi connectivity index (χ1n) is 9.05. The number of aromatic nitrogens is 4. The van der Waals surface area contributed by atoms with Crippen LogP contribution in [0.5, 0.6) is 0 Å². The molecule has 8 heteroatoms. The fourth-order valence-electron chi connectivity index (χ4n) is 3.67. The van der Waals surface area contributed by atoms with Crippen LogP contribution in [0.1, 0.15) is 36.6 Å². The molecule has 4 rings (SSSR count). The maximum absolute atomic E-state index is 13.0. The molecule has 0 radical (unpaired) electrons. The zero-order chi connectivity index (χ0) is 18.1. The molecule has 0 spiro atoms. The Bertz CT molecular complexity index is 815. The van der Waals surface area contributed by atoms with Crippen LogP contribution in [0.4, 0.5) is 5.69 Å². The summed E-state index contributed by atoms with van der Waals surface area (Å²) in [6, 6.07) is 7.88. The van der Waals surface area contributed by atoms with Crippen molar-refractivity contribution < 1.29 is 9.59 Å². The van der Waals surface area contributed by atoms with Gasteiger partial charge in [0.2, 0.25) is 11.8 Å². The summed E-state index contributed by atoms with van der Waals surface area (Å²) >= 11 is 0. The van der Waals surface area contributed by atoms with Crippen LogP contribution in [0, 0.1) is 6.92 Å². The average Bonchev–Trinajstić information content (AvgIpc) is 3.01. The molecule has 8 nitrogen and oxygen atoms in total. The average molecular weight is 354 g/mol. The second-order valence-corrected chi connectivity index (χ2v) is 6.95. The molecule has 136 valence electrons. The smallest absolute Gasteiger partial charge is 0.246 e. The SMILES string of the molecule is Cc1ccc(N2CCN(C(=O)[C@@H]3CCCCn4nnnc43)CC2=O)cc1. The van der Waals surface area contributed by atoms with Crippen LogP contribution in [0.15, 0.2) is 24.3 Å². The van der Waals surface area contributed by atoms with Gasteiger partial charge in [0.25, 0.3) is 0 Å². The number of rotatable bonds is 2. The Labute approximate surface area is 151 Å². The molecular weight excluding hydrogens is 332 g/mol. The van der Waals surface area contributed by atoms with Crippen LogP contribution < -0.4 is 4.90 Å². The van der Waals surface area contributed by atoms with Crippen LogP contribution in [0.25, 0.3) is 0 Å². The Morgan fingerprint density at radius 3 is 2.69 bits per heavy atom. The van der Waals surface area contributed by atoms with Crippen molar-refractivity contribution in [3.05, 3.63) is 35.7 Å². The number of amides is 2. The molecule has 0 N–H and O–H groups in total. The summed E-state index contributed by atoms with van der Waals surface area (Å²) in [6.07, 6.45) is 2.63. The van der Waals surface area contributed by atoms with Gasteiger partial charge in [-0.1, -0.05) is 24.1 Å². The summed E-state index contributed by atoms with van der Waals surface area (Å²) in [5.41, 5.74) is 2.03. The molecule has 1 aromatic carbocycles. The first-order chi connectivity index (χ1) is 12.6. The maximum Gasteiger partial charge on any atom is 0.246 e. The van der Waals surface area contributed by atoms with Gasteiger partial charge in [-0.15, -0.1) is 5.10 Å². The van der Waals surface area contributed by atoms with E-state index in [4.69, 9.17) is 0 Å². The molecule has 3 heterocycles. The van der Waals surface area contributed by atoms with Crippen molar-refractivity contribution >= 4 is 17.5 Å². The minimum absolute atomic E-state index is 0.0418. The third kappa shape index (κ3) is 3.07. The Hall–Kier alpha value is -2.77. The molecule has 2 aliphatic rings. The number of hydrogen-bond donors (Lipinski definition) is 0. The van der Waals surface area contributed by atoms with Gasteiger partial charge >= 0.3 is 0 Å². The number of benzene rings is 1. The van der Waals surface area contributed by atoms with E-state index in [1.165, 1.54) is 0 Å². The van der Waals surface area contributed by atoms with Gasteiger partial charge in [0.1, 0.15) is 6.54 Å². The lowest BCUT2D eigenvalue weighted by Crippen LogP contribution is -2.53. The Balaban J connectivity index is 1.48.